The molecule has 2 aliphatic heterocycles. The minimum Gasteiger partial charge on any atom is -0.459 e. The monoisotopic (exact) mass is 614 g/mol. The fourth-order valence-corrected chi connectivity index (χ4v) is 3.80. The Kier molecular flexibility index (Phi) is 12.8. The third-order valence-corrected chi connectivity index (χ3v) is 6.21. The van der Waals surface area contributed by atoms with E-state index in [1.807, 2.05) is 0 Å². The van der Waals surface area contributed by atoms with Crippen molar-refractivity contribution in [1.82, 2.24) is 0 Å². The van der Waals surface area contributed by atoms with E-state index in [1.165, 1.54) is 27.7 Å². The maximum atomic E-state index is 12.8. The largest absolute Gasteiger partial charge is 0.459 e. The van der Waals surface area contributed by atoms with Crippen LogP contribution < -0.4 is 0 Å². The highest BCUT2D eigenvalue weighted by Crippen LogP contribution is 2.34. The average molecular weight is 615 g/mol. The van der Waals surface area contributed by atoms with E-state index in [4.69, 9.17) is 33.2 Å². The van der Waals surface area contributed by atoms with Crippen LogP contribution in [-0.4, -0.2) is 119 Å². The van der Waals surface area contributed by atoms with Crippen LogP contribution in [0.3, 0.4) is 0 Å². The molecule has 0 aliphatic carbocycles. The van der Waals surface area contributed by atoms with E-state index >= 15 is 0 Å². The zero-order valence-electron chi connectivity index (χ0n) is 24.3. The summed E-state index contributed by atoms with van der Waals surface area (Å²) >= 11 is 0. The van der Waals surface area contributed by atoms with Gasteiger partial charge >= 0.3 is 23.9 Å². The molecule has 2 aliphatic rings. The molecule has 0 aromatic heterocycles. The van der Waals surface area contributed by atoms with Crippen molar-refractivity contribution in [3.05, 3.63) is 48.6 Å². The molecule has 0 bridgehead atoms. The first-order valence-electron chi connectivity index (χ1n) is 13.0. The summed E-state index contributed by atoms with van der Waals surface area (Å²) in [6.45, 7) is 17.9. The van der Waals surface area contributed by atoms with Gasteiger partial charge in [-0.1, -0.05) is 26.3 Å². The molecule has 0 spiro atoms. The van der Waals surface area contributed by atoms with Crippen molar-refractivity contribution < 1.29 is 72.8 Å². The van der Waals surface area contributed by atoms with Crippen molar-refractivity contribution in [3.8, 4) is 0 Å². The highest BCUT2D eigenvalue weighted by Gasteiger charge is 2.56. The highest BCUT2D eigenvalue weighted by atomic mass is 16.8. The maximum absolute atomic E-state index is 12.8. The van der Waals surface area contributed by atoms with E-state index in [0.29, 0.717) is 0 Å². The van der Waals surface area contributed by atoms with Crippen molar-refractivity contribution in [2.24, 2.45) is 0 Å². The summed E-state index contributed by atoms with van der Waals surface area (Å²) in [5.41, 5.74) is -0.275. The molecule has 43 heavy (non-hydrogen) atoms. The van der Waals surface area contributed by atoms with E-state index in [-0.39, 0.29) is 22.3 Å². The summed E-state index contributed by atoms with van der Waals surface area (Å²) in [6, 6.07) is 0. The van der Waals surface area contributed by atoms with Crippen molar-refractivity contribution in [2.75, 3.05) is 13.2 Å². The van der Waals surface area contributed by atoms with Crippen LogP contribution in [0.15, 0.2) is 48.6 Å². The Hall–Kier alpha value is -3.44. The number of rotatable bonds is 12. The minimum absolute atomic E-state index is 0.00555. The molecule has 0 amide bonds. The number of esters is 4. The molecule has 0 aromatic rings. The van der Waals surface area contributed by atoms with Gasteiger partial charge in [0.25, 0.3) is 0 Å². The van der Waals surface area contributed by atoms with Gasteiger partial charge < -0.3 is 53.6 Å². The Morgan fingerprint density at radius 1 is 0.605 bits per heavy atom. The van der Waals surface area contributed by atoms with Crippen LogP contribution in [-0.2, 0) is 52.3 Å². The quantitative estimate of drug-likeness (QED) is 0.119. The number of ether oxygens (including phenoxy) is 7. The second-order valence-electron chi connectivity index (χ2n) is 10.2. The van der Waals surface area contributed by atoms with E-state index in [9.17, 15) is 39.6 Å². The van der Waals surface area contributed by atoms with Gasteiger partial charge in [0, 0.05) is 22.3 Å². The molecule has 240 valence electrons. The first-order valence-corrected chi connectivity index (χ1v) is 13.0. The first-order chi connectivity index (χ1) is 20.0. The van der Waals surface area contributed by atoms with Crippen molar-refractivity contribution in [1.29, 1.82) is 0 Å². The number of carbonyl (C=O) groups excluding carboxylic acids is 4. The first kappa shape index (κ1) is 35.8. The minimum atomic E-state index is -1.93. The van der Waals surface area contributed by atoms with Gasteiger partial charge in [0.1, 0.15) is 43.2 Å². The molecule has 10 atom stereocenters. The van der Waals surface area contributed by atoms with Crippen LogP contribution in [0.4, 0.5) is 0 Å². The zero-order valence-corrected chi connectivity index (χ0v) is 24.3. The molecule has 4 N–H and O–H groups in total. The third-order valence-electron chi connectivity index (χ3n) is 6.21. The van der Waals surface area contributed by atoms with Gasteiger partial charge in [-0.2, -0.15) is 0 Å². The summed E-state index contributed by atoms with van der Waals surface area (Å²) in [7, 11) is 0. The lowest BCUT2D eigenvalue weighted by Crippen LogP contribution is -2.66. The lowest BCUT2D eigenvalue weighted by atomic mass is 9.96. The summed E-state index contributed by atoms with van der Waals surface area (Å²) in [4.78, 5) is 50.2. The topological polar surface area (TPSA) is 214 Å². The van der Waals surface area contributed by atoms with Gasteiger partial charge in [0.05, 0.1) is 6.61 Å². The fraction of sp³-hybridized carbons (Fsp3) is 0.571. The Labute approximate surface area is 247 Å². The number of aliphatic hydroxyl groups is 4. The molecule has 0 radical (unpaired) electrons. The van der Waals surface area contributed by atoms with E-state index in [1.54, 1.807) is 0 Å². The normalized spacial score (nSPS) is 32.1. The number of hydrogen-bond donors (Lipinski definition) is 4. The Morgan fingerprint density at radius 3 is 1.56 bits per heavy atom. The summed E-state index contributed by atoms with van der Waals surface area (Å²) in [5, 5.41) is 40.7. The standard InChI is InChI=1S/C28H38O15/c1-11(2)23(33)37-10-16-20(42-27-19(32)18(31)17(30)15(9-29)38-27)21(40-24(34)12(3)4)22(41-25(35)13(5)6)28(39-16)43-26(36)14(7)8/h15-22,27-32H,1,3,5,7,9-10H2,2,4,6,8H3/t15-,16-,17-,18+,19-,20-,21+,22-,27-,28+/m1/s1. The predicted molar refractivity (Wildman–Crippen MR) is 143 cm³/mol. The fourth-order valence-electron chi connectivity index (χ4n) is 3.80. The van der Waals surface area contributed by atoms with Crippen LogP contribution in [0.2, 0.25) is 0 Å². The molecule has 2 rings (SSSR count). The third kappa shape index (κ3) is 9.03. The van der Waals surface area contributed by atoms with Crippen LogP contribution in [0.5, 0.6) is 0 Å². The molecule has 2 fully saturated rings. The van der Waals surface area contributed by atoms with Crippen LogP contribution in [0, 0.1) is 0 Å². The molecule has 2 saturated heterocycles. The predicted octanol–water partition coefficient (Wildman–Crippen LogP) is -0.889. The number of hydrogen-bond acceptors (Lipinski definition) is 15. The van der Waals surface area contributed by atoms with Crippen molar-refractivity contribution >= 4 is 23.9 Å². The highest BCUT2D eigenvalue weighted by molar-refractivity contribution is 5.89. The Morgan fingerprint density at radius 2 is 1.07 bits per heavy atom. The molecule has 0 saturated carbocycles. The molecular formula is C28H38O15. The lowest BCUT2D eigenvalue weighted by Gasteiger charge is -2.47. The molecule has 2 heterocycles. The Balaban J connectivity index is 2.66. The molecule has 0 aromatic carbocycles. The summed E-state index contributed by atoms with van der Waals surface area (Å²) in [5.74, 6) is -3.89. The van der Waals surface area contributed by atoms with Crippen molar-refractivity contribution in [2.45, 2.75) is 89.1 Å². The number of carbonyl (C=O) groups is 4. The smallest absolute Gasteiger partial charge is 0.335 e. The number of aliphatic hydroxyl groups excluding tert-OH is 4. The van der Waals surface area contributed by atoms with E-state index < -0.39 is 98.5 Å². The van der Waals surface area contributed by atoms with Crippen LogP contribution in [0.25, 0.3) is 0 Å². The molecule has 15 nitrogen and oxygen atoms in total. The van der Waals surface area contributed by atoms with E-state index in [0.717, 1.165) is 0 Å². The lowest BCUT2D eigenvalue weighted by molar-refractivity contribution is -0.356. The van der Waals surface area contributed by atoms with Crippen LogP contribution in [0.1, 0.15) is 27.7 Å². The van der Waals surface area contributed by atoms with Gasteiger partial charge in [-0.15, -0.1) is 0 Å². The Bertz CT molecular complexity index is 1130. The van der Waals surface area contributed by atoms with Gasteiger partial charge in [-0.25, -0.2) is 19.2 Å². The van der Waals surface area contributed by atoms with E-state index in [2.05, 4.69) is 26.3 Å². The van der Waals surface area contributed by atoms with Crippen LogP contribution >= 0.6 is 0 Å². The summed E-state index contributed by atoms with van der Waals surface area (Å²) in [6.07, 6.45) is -17.2. The molecule has 15 heteroatoms. The second-order valence-corrected chi connectivity index (χ2v) is 10.2. The SMILES string of the molecule is C=C(C)C(=O)OC[C@H]1O[C@@H](OC(=O)C(=C)C)[C@H](OC(=O)C(=C)C)[C@@H](OC(=O)C(=C)C)[C@@H]1O[C@H]1O[C@H](CO)[C@@H](O)[C@H](O)[C@H]1O. The second kappa shape index (κ2) is 15.3. The zero-order chi connectivity index (χ0) is 32.8. The summed E-state index contributed by atoms with van der Waals surface area (Å²) < 4.78 is 38.8. The molecule has 0 unspecified atom stereocenters. The molecular weight excluding hydrogens is 576 g/mol. The van der Waals surface area contributed by atoms with Crippen molar-refractivity contribution in [3.63, 3.8) is 0 Å². The average Bonchev–Trinajstić information content (AvgIpc) is 2.94. The van der Waals surface area contributed by atoms with Gasteiger partial charge in [-0.05, 0) is 27.7 Å². The van der Waals surface area contributed by atoms with Gasteiger partial charge in [0.15, 0.2) is 12.4 Å². The van der Waals surface area contributed by atoms with Gasteiger partial charge in [-0.3, -0.25) is 0 Å². The van der Waals surface area contributed by atoms with Gasteiger partial charge in [0.2, 0.25) is 12.4 Å². The maximum Gasteiger partial charge on any atom is 0.335 e.